The molecule has 1 aliphatic heterocycles. The summed E-state index contributed by atoms with van der Waals surface area (Å²) < 4.78 is 13.2. The first-order valence-corrected chi connectivity index (χ1v) is 8.27. The highest BCUT2D eigenvalue weighted by Gasteiger charge is 2.31. The molecule has 0 unspecified atom stereocenters. The SMILES string of the molecule is CCCCCCCCCC(=O)N1C(=O)Cc2cc(F)ccc21. The minimum absolute atomic E-state index is 0.121. The van der Waals surface area contributed by atoms with Crippen LogP contribution in [0, 0.1) is 5.82 Å². The van der Waals surface area contributed by atoms with E-state index in [1.54, 1.807) is 0 Å². The number of carbonyl (C=O) groups excluding carboxylic acids is 2. The summed E-state index contributed by atoms with van der Waals surface area (Å²) in [6.45, 7) is 2.19. The summed E-state index contributed by atoms with van der Waals surface area (Å²) in [6.07, 6.45) is 8.46. The third-order valence-corrected chi connectivity index (χ3v) is 4.12. The van der Waals surface area contributed by atoms with Gasteiger partial charge in [-0.05, 0) is 30.2 Å². The molecule has 0 aliphatic carbocycles. The molecule has 0 spiro atoms. The van der Waals surface area contributed by atoms with Gasteiger partial charge < -0.3 is 0 Å². The highest BCUT2D eigenvalue weighted by atomic mass is 19.1. The van der Waals surface area contributed by atoms with Crippen molar-refractivity contribution in [1.29, 1.82) is 0 Å². The van der Waals surface area contributed by atoms with Crippen molar-refractivity contribution in [3.63, 3.8) is 0 Å². The van der Waals surface area contributed by atoms with Crippen LogP contribution >= 0.6 is 0 Å². The smallest absolute Gasteiger partial charge is 0.238 e. The zero-order chi connectivity index (χ0) is 15.9. The molecule has 3 nitrogen and oxygen atoms in total. The Balaban J connectivity index is 1.80. The van der Waals surface area contributed by atoms with E-state index in [0.717, 1.165) is 19.3 Å². The van der Waals surface area contributed by atoms with E-state index in [2.05, 4.69) is 6.92 Å². The van der Waals surface area contributed by atoms with Crippen LogP contribution in [0.4, 0.5) is 10.1 Å². The van der Waals surface area contributed by atoms with Gasteiger partial charge >= 0.3 is 0 Å². The molecule has 0 fully saturated rings. The lowest BCUT2D eigenvalue weighted by Crippen LogP contribution is -2.33. The molecule has 0 atom stereocenters. The third kappa shape index (κ3) is 4.15. The Morgan fingerprint density at radius 1 is 1.14 bits per heavy atom. The number of nitrogens with zero attached hydrogens (tertiary/aromatic N) is 1. The molecule has 0 N–H and O–H groups in total. The molecule has 1 heterocycles. The molecule has 2 rings (SSSR count). The number of halogens is 1. The van der Waals surface area contributed by atoms with Crippen molar-refractivity contribution < 1.29 is 14.0 Å². The number of fused-ring (bicyclic) bond motifs is 1. The van der Waals surface area contributed by atoms with Crippen molar-refractivity contribution in [1.82, 2.24) is 0 Å². The fraction of sp³-hybridized carbons (Fsp3) is 0.556. The van der Waals surface area contributed by atoms with Gasteiger partial charge in [0.25, 0.3) is 0 Å². The molecule has 0 bridgehead atoms. The lowest BCUT2D eigenvalue weighted by atomic mass is 10.1. The molecule has 0 saturated heterocycles. The van der Waals surface area contributed by atoms with Gasteiger partial charge in [-0.25, -0.2) is 9.29 Å². The summed E-state index contributed by atoms with van der Waals surface area (Å²) in [5.74, 6) is -0.773. The van der Waals surface area contributed by atoms with E-state index in [4.69, 9.17) is 0 Å². The van der Waals surface area contributed by atoms with E-state index in [9.17, 15) is 14.0 Å². The molecular formula is C18H24FNO2. The summed E-state index contributed by atoms with van der Waals surface area (Å²) in [5.41, 5.74) is 1.16. The van der Waals surface area contributed by atoms with E-state index < -0.39 is 0 Å². The van der Waals surface area contributed by atoms with Crippen LogP contribution in [0.1, 0.15) is 63.9 Å². The van der Waals surface area contributed by atoms with Gasteiger partial charge in [0.1, 0.15) is 5.82 Å². The van der Waals surface area contributed by atoms with E-state index in [-0.39, 0.29) is 24.1 Å². The maximum atomic E-state index is 13.2. The molecule has 4 heteroatoms. The van der Waals surface area contributed by atoms with Crippen LogP contribution in [0.25, 0.3) is 0 Å². The first-order chi connectivity index (χ1) is 10.6. The normalized spacial score (nSPS) is 13.5. The Bertz CT molecular complexity index is 542. The molecule has 22 heavy (non-hydrogen) atoms. The summed E-state index contributed by atoms with van der Waals surface area (Å²) in [4.78, 5) is 25.5. The van der Waals surface area contributed by atoms with Gasteiger partial charge in [0.15, 0.2) is 0 Å². The Labute approximate surface area is 131 Å². The Morgan fingerprint density at radius 2 is 1.82 bits per heavy atom. The topological polar surface area (TPSA) is 37.4 Å². The van der Waals surface area contributed by atoms with Gasteiger partial charge in [0.2, 0.25) is 11.8 Å². The minimum atomic E-state index is -0.368. The van der Waals surface area contributed by atoms with Crippen molar-refractivity contribution in [2.75, 3.05) is 4.90 Å². The van der Waals surface area contributed by atoms with Crippen LogP contribution in [0.5, 0.6) is 0 Å². The summed E-state index contributed by atoms with van der Waals surface area (Å²) in [7, 11) is 0. The van der Waals surface area contributed by atoms with Crippen molar-refractivity contribution in [2.24, 2.45) is 0 Å². The Morgan fingerprint density at radius 3 is 2.55 bits per heavy atom. The molecule has 1 aliphatic rings. The predicted molar refractivity (Wildman–Crippen MR) is 85.2 cm³/mol. The average molecular weight is 305 g/mol. The zero-order valence-corrected chi connectivity index (χ0v) is 13.2. The number of carbonyl (C=O) groups is 2. The van der Waals surface area contributed by atoms with Crippen LogP contribution in [-0.2, 0) is 16.0 Å². The van der Waals surface area contributed by atoms with Crippen molar-refractivity contribution >= 4 is 17.5 Å². The van der Waals surface area contributed by atoms with Gasteiger partial charge in [-0.3, -0.25) is 9.59 Å². The predicted octanol–water partition coefficient (Wildman–Crippen LogP) is 4.38. The molecular weight excluding hydrogens is 281 g/mol. The second kappa shape index (κ2) is 8.06. The molecule has 120 valence electrons. The third-order valence-electron chi connectivity index (χ3n) is 4.12. The van der Waals surface area contributed by atoms with Gasteiger partial charge in [-0.2, -0.15) is 0 Å². The van der Waals surface area contributed by atoms with Crippen LogP contribution < -0.4 is 4.90 Å². The number of rotatable bonds is 8. The lowest BCUT2D eigenvalue weighted by Gasteiger charge is -2.15. The van der Waals surface area contributed by atoms with Crippen LogP contribution in [0.2, 0.25) is 0 Å². The van der Waals surface area contributed by atoms with E-state index >= 15 is 0 Å². The number of amides is 2. The van der Waals surface area contributed by atoms with Gasteiger partial charge in [-0.1, -0.05) is 45.4 Å². The number of hydrogen-bond donors (Lipinski definition) is 0. The maximum Gasteiger partial charge on any atom is 0.238 e. The molecule has 0 aromatic heterocycles. The minimum Gasteiger partial charge on any atom is -0.274 e. The molecule has 1 aromatic carbocycles. The maximum absolute atomic E-state index is 13.2. The second-order valence-corrected chi connectivity index (χ2v) is 5.94. The lowest BCUT2D eigenvalue weighted by molar-refractivity contribution is -0.125. The van der Waals surface area contributed by atoms with Gasteiger partial charge in [0, 0.05) is 6.42 Å². The number of anilines is 1. The van der Waals surface area contributed by atoms with Crippen molar-refractivity contribution in [2.45, 2.75) is 64.7 Å². The van der Waals surface area contributed by atoms with Crippen LogP contribution in [-0.4, -0.2) is 11.8 Å². The number of imide groups is 1. The largest absolute Gasteiger partial charge is 0.274 e. The summed E-state index contributed by atoms with van der Waals surface area (Å²) in [5, 5.41) is 0. The Kier molecular flexibility index (Phi) is 6.10. The molecule has 1 aromatic rings. The van der Waals surface area contributed by atoms with Crippen molar-refractivity contribution in [3.05, 3.63) is 29.6 Å². The number of unbranched alkanes of at least 4 members (excludes halogenated alkanes) is 6. The fourth-order valence-corrected chi connectivity index (χ4v) is 2.91. The monoisotopic (exact) mass is 305 g/mol. The summed E-state index contributed by atoms with van der Waals surface area (Å²) in [6, 6.07) is 4.16. The van der Waals surface area contributed by atoms with E-state index in [1.165, 1.54) is 48.8 Å². The average Bonchev–Trinajstić information content (AvgIpc) is 2.81. The van der Waals surface area contributed by atoms with Crippen molar-refractivity contribution in [3.8, 4) is 0 Å². The van der Waals surface area contributed by atoms with E-state index in [1.807, 2.05) is 0 Å². The highest BCUT2D eigenvalue weighted by molar-refractivity contribution is 6.19. The molecule has 2 amide bonds. The standard InChI is InChI=1S/C18H24FNO2/c1-2-3-4-5-6-7-8-9-17(21)20-16-11-10-15(19)12-14(16)13-18(20)22/h10-12H,2-9,13H2,1H3. The fourth-order valence-electron chi connectivity index (χ4n) is 2.91. The quantitative estimate of drug-likeness (QED) is 0.668. The van der Waals surface area contributed by atoms with Gasteiger partial charge in [-0.15, -0.1) is 0 Å². The highest BCUT2D eigenvalue weighted by Crippen LogP contribution is 2.30. The van der Waals surface area contributed by atoms with Crippen LogP contribution in [0.3, 0.4) is 0 Å². The first-order valence-electron chi connectivity index (χ1n) is 8.27. The first kappa shape index (κ1) is 16.7. The van der Waals surface area contributed by atoms with Gasteiger partial charge in [0.05, 0.1) is 12.1 Å². The number of benzene rings is 1. The van der Waals surface area contributed by atoms with E-state index in [0.29, 0.717) is 17.7 Å². The number of hydrogen-bond acceptors (Lipinski definition) is 2. The molecule has 0 saturated carbocycles. The Hall–Kier alpha value is -1.71. The zero-order valence-electron chi connectivity index (χ0n) is 13.2. The molecule has 0 radical (unpaired) electrons. The summed E-state index contributed by atoms with van der Waals surface area (Å²) >= 11 is 0. The van der Waals surface area contributed by atoms with Crippen LogP contribution in [0.15, 0.2) is 18.2 Å². The second-order valence-electron chi connectivity index (χ2n) is 5.94.